The zero-order chi connectivity index (χ0) is 10.1. The van der Waals surface area contributed by atoms with Crippen LogP contribution in [-0.4, -0.2) is 14.8 Å². The zero-order valence-electron chi connectivity index (χ0n) is 7.37. The minimum atomic E-state index is 0.389. The van der Waals surface area contributed by atoms with Crippen LogP contribution in [0.3, 0.4) is 0 Å². The molecule has 0 aliphatic rings. The third-order valence-corrected chi connectivity index (χ3v) is 2.55. The van der Waals surface area contributed by atoms with Crippen LogP contribution in [-0.2, 0) is 6.54 Å². The van der Waals surface area contributed by atoms with Crippen molar-refractivity contribution in [2.24, 2.45) is 0 Å². The van der Waals surface area contributed by atoms with Crippen molar-refractivity contribution in [2.45, 2.75) is 13.5 Å². The fourth-order valence-corrected chi connectivity index (χ4v) is 1.75. The van der Waals surface area contributed by atoms with Crippen LogP contribution >= 0.6 is 27.5 Å². The van der Waals surface area contributed by atoms with E-state index in [4.69, 9.17) is 16.0 Å². The van der Waals surface area contributed by atoms with Gasteiger partial charge in [-0.25, -0.2) is 0 Å². The molecular formula is C8H7BrClN3O. The van der Waals surface area contributed by atoms with E-state index in [-0.39, 0.29) is 0 Å². The van der Waals surface area contributed by atoms with Gasteiger partial charge >= 0.3 is 0 Å². The van der Waals surface area contributed by atoms with Crippen LogP contribution in [0, 0.1) is 6.92 Å². The summed E-state index contributed by atoms with van der Waals surface area (Å²) < 4.78 is 7.62. The molecular weight excluding hydrogens is 269 g/mol. The first-order chi connectivity index (χ1) is 6.66. The monoisotopic (exact) mass is 275 g/mol. The largest absolute Gasteiger partial charge is 0.457 e. The lowest BCUT2D eigenvalue weighted by Crippen LogP contribution is -2.01. The number of hydrogen-bond acceptors (Lipinski definition) is 3. The lowest BCUT2D eigenvalue weighted by molar-refractivity contribution is 0.537. The summed E-state index contributed by atoms with van der Waals surface area (Å²) in [7, 11) is 0. The molecule has 74 valence electrons. The second kappa shape index (κ2) is 3.74. The second-order valence-electron chi connectivity index (χ2n) is 2.86. The molecule has 0 spiro atoms. The number of hydrogen-bond donors (Lipinski definition) is 0. The van der Waals surface area contributed by atoms with Gasteiger partial charge in [0.25, 0.3) is 0 Å². The maximum atomic E-state index is 5.85. The van der Waals surface area contributed by atoms with Crippen molar-refractivity contribution in [1.29, 1.82) is 0 Å². The topological polar surface area (TPSA) is 43.9 Å². The fourth-order valence-electron chi connectivity index (χ4n) is 1.15. The van der Waals surface area contributed by atoms with E-state index in [0.29, 0.717) is 16.5 Å². The molecule has 0 radical (unpaired) electrons. The zero-order valence-corrected chi connectivity index (χ0v) is 9.71. The van der Waals surface area contributed by atoms with Crippen molar-refractivity contribution in [3.8, 4) is 0 Å². The van der Waals surface area contributed by atoms with E-state index in [2.05, 4.69) is 26.1 Å². The second-order valence-corrected chi connectivity index (χ2v) is 3.98. The maximum absolute atomic E-state index is 5.85. The Balaban J connectivity index is 2.26. The quantitative estimate of drug-likeness (QED) is 0.847. The molecule has 4 nitrogen and oxygen atoms in total. The highest BCUT2D eigenvalue weighted by Crippen LogP contribution is 2.17. The van der Waals surface area contributed by atoms with E-state index in [0.717, 1.165) is 11.4 Å². The molecule has 0 N–H and O–H groups in total. The molecule has 14 heavy (non-hydrogen) atoms. The Labute approximate surface area is 94.0 Å². The maximum Gasteiger partial charge on any atom is 0.225 e. The Bertz CT molecular complexity index is 432. The van der Waals surface area contributed by atoms with Crippen molar-refractivity contribution in [2.75, 3.05) is 0 Å². The molecule has 0 bridgehead atoms. The van der Waals surface area contributed by atoms with Crippen molar-refractivity contribution in [1.82, 2.24) is 14.8 Å². The first-order valence-corrected chi connectivity index (χ1v) is 5.12. The summed E-state index contributed by atoms with van der Waals surface area (Å²) in [5.74, 6) is 0.785. The van der Waals surface area contributed by atoms with Crippen LogP contribution in [0.25, 0.3) is 0 Å². The minimum absolute atomic E-state index is 0.389. The molecule has 0 amide bonds. The Morgan fingerprint density at radius 3 is 2.86 bits per heavy atom. The summed E-state index contributed by atoms with van der Waals surface area (Å²) in [6.07, 6.45) is 1.67. The normalized spacial score (nSPS) is 10.8. The Morgan fingerprint density at radius 2 is 2.36 bits per heavy atom. The van der Waals surface area contributed by atoms with E-state index < -0.39 is 0 Å². The molecule has 2 heterocycles. The number of nitrogens with zero attached hydrogens (tertiary/aromatic N) is 3. The molecule has 0 aromatic carbocycles. The number of furan rings is 1. The van der Waals surface area contributed by atoms with E-state index >= 15 is 0 Å². The molecule has 0 saturated heterocycles. The lowest BCUT2D eigenvalue weighted by atomic mass is 10.3. The molecule has 2 rings (SSSR count). The van der Waals surface area contributed by atoms with Crippen molar-refractivity contribution in [3.63, 3.8) is 0 Å². The van der Waals surface area contributed by atoms with Gasteiger partial charge < -0.3 is 4.42 Å². The molecule has 0 aliphatic heterocycles. The van der Waals surface area contributed by atoms with Crippen molar-refractivity contribution < 1.29 is 4.42 Å². The van der Waals surface area contributed by atoms with Crippen LogP contribution in [0.2, 0.25) is 5.28 Å². The van der Waals surface area contributed by atoms with Gasteiger partial charge in [-0.2, -0.15) is 0 Å². The van der Waals surface area contributed by atoms with E-state index in [1.54, 1.807) is 10.8 Å². The molecule has 2 aromatic rings. The van der Waals surface area contributed by atoms with Crippen LogP contribution in [0.5, 0.6) is 0 Å². The van der Waals surface area contributed by atoms with Gasteiger partial charge in [0.1, 0.15) is 5.82 Å². The summed E-state index contributed by atoms with van der Waals surface area (Å²) in [5, 5.41) is 8.00. The Morgan fingerprint density at radius 1 is 1.57 bits per heavy atom. The number of halogens is 2. The Hall–Kier alpha value is -0.810. The van der Waals surface area contributed by atoms with Gasteiger partial charge in [0.15, 0.2) is 4.67 Å². The fraction of sp³-hybridized carbons (Fsp3) is 0.250. The molecule has 0 unspecified atom stereocenters. The smallest absolute Gasteiger partial charge is 0.225 e. The first kappa shape index (κ1) is 9.73. The average Bonchev–Trinajstić information content (AvgIpc) is 2.67. The molecule has 0 saturated carbocycles. The molecule has 6 heteroatoms. The van der Waals surface area contributed by atoms with E-state index in [9.17, 15) is 0 Å². The van der Waals surface area contributed by atoms with E-state index in [1.807, 2.05) is 13.0 Å². The summed E-state index contributed by atoms with van der Waals surface area (Å²) in [5.41, 5.74) is 1.02. The van der Waals surface area contributed by atoms with Crippen LogP contribution in [0.1, 0.15) is 11.4 Å². The Kier molecular flexibility index (Phi) is 2.60. The predicted molar refractivity (Wildman–Crippen MR) is 55.3 cm³/mol. The molecule has 2 aromatic heterocycles. The molecule has 0 atom stereocenters. The number of aryl methyl sites for hydroxylation is 1. The third-order valence-electron chi connectivity index (χ3n) is 1.85. The standard InChI is InChI=1S/C8H7BrClN3O/c1-5-11-12-8(10)13(5)3-6-2-7(9)14-4-6/h2,4H,3H2,1H3. The van der Waals surface area contributed by atoms with Gasteiger partial charge in [0.05, 0.1) is 12.8 Å². The minimum Gasteiger partial charge on any atom is -0.457 e. The SMILES string of the molecule is Cc1nnc(Cl)n1Cc1coc(Br)c1. The highest BCUT2D eigenvalue weighted by atomic mass is 79.9. The summed E-state index contributed by atoms with van der Waals surface area (Å²) >= 11 is 9.08. The van der Waals surface area contributed by atoms with Crippen LogP contribution in [0.15, 0.2) is 21.4 Å². The summed E-state index contributed by atoms with van der Waals surface area (Å²) in [6, 6.07) is 1.88. The average molecular weight is 277 g/mol. The van der Waals surface area contributed by atoms with Crippen molar-refractivity contribution >= 4 is 27.5 Å². The van der Waals surface area contributed by atoms with Gasteiger partial charge in [-0.15, -0.1) is 10.2 Å². The highest BCUT2D eigenvalue weighted by molar-refractivity contribution is 9.10. The first-order valence-electron chi connectivity index (χ1n) is 3.95. The number of rotatable bonds is 2. The predicted octanol–water partition coefficient (Wildman–Crippen LogP) is 2.64. The van der Waals surface area contributed by atoms with Gasteiger partial charge in [-0.3, -0.25) is 4.57 Å². The van der Waals surface area contributed by atoms with Crippen LogP contribution < -0.4 is 0 Å². The summed E-state index contributed by atoms with van der Waals surface area (Å²) in [6.45, 7) is 2.47. The van der Waals surface area contributed by atoms with Gasteiger partial charge in [0.2, 0.25) is 5.28 Å². The van der Waals surface area contributed by atoms with Crippen LogP contribution in [0.4, 0.5) is 0 Å². The highest BCUT2D eigenvalue weighted by Gasteiger charge is 2.07. The van der Waals surface area contributed by atoms with Crippen molar-refractivity contribution in [3.05, 3.63) is 33.7 Å². The third kappa shape index (κ3) is 1.83. The van der Waals surface area contributed by atoms with Gasteiger partial charge in [-0.1, -0.05) is 0 Å². The lowest BCUT2D eigenvalue weighted by Gasteiger charge is -2.01. The molecule has 0 aliphatic carbocycles. The molecule has 0 fully saturated rings. The van der Waals surface area contributed by atoms with Gasteiger partial charge in [-0.05, 0) is 40.5 Å². The number of aromatic nitrogens is 3. The van der Waals surface area contributed by atoms with Gasteiger partial charge in [0, 0.05) is 5.56 Å². The van der Waals surface area contributed by atoms with E-state index in [1.165, 1.54) is 0 Å². The summed E-state index contributed by atoms with van der Waals surface area (Å²) in [4.78, 5) is 0.